The van der Waals surface area contributed by atoms with E-state index in [0.29, 0.717) is 23.2 Å². The molecule has 23 heavy (non-hydrogen) atoms. The highest BCUT2D eigenvalue weighted by molar-refractivity contribution is 7.88. The van der Waals surface area contributed by atoms with Crippen LogP contribution in [0.25, 0.3) is 0 Å². The van der Waals surface area contributed by atoms with Gasteiger partial charge in [-0.25, -0.2) is 13.1 Å². The molecule has 128 valence electrons. The van der Waals surface area contributed by atoms with Crippen LogP contribution >= 0.6 is 11.6 Å². The summed E-state index contributed by atoms with van der Waals surface area (Å²) in [6, 6.07) is 5.49. The molecule has 0 radical (unpaired) electrons. The maximum absolute atomic E-state index is 12.3. The first-order chi connectivity index (χ1) is 10.7. The lowest BCUT2D eigenvalue weighted by Gasteiger charge is -2.27. The van der Waals surface area contributed by atoms with Crippen molar-refractivity contribution in [2.24, 2.45) is 11.8 Å². The third kappa shape index (κ3) is 5.79. The van der Waals surface area contributed by atoms with Gasteiger partial charge in [0, 0.05) is 23.2 Å². The highest BCUT2D eigenvalue weighted by Crippen LogP contribution is 2.30. The molecule has 2 N–H and O–H groups in total. The van der Waals surface area contributed by atoms with Crippen LogP contribution in [0.1, 0.15) is 31.2 Å². The zero-order valence-corrected chi connectivity index (χ0v) is 15.0. The second kappa shape index (κ2) is 7.64. The molecule has 0 spiro atoms. The molecule has 0 saturated heterocycles. The topological polar surface area (TPSA) is 75.3 Å². The van der Waals surface area contributed by atoms with Gasteiger partial charge in [-0.1, -0.05) is 17.7 Å². The molecule has 2 rings (SSSR count). The second-order valence-corrected chi connectivity index (χ2v) is 8.53. The summed E-state index contributed by atoms with van der Waals surface area (Å²) < 4.78 is 24.8. The summed E-state index contributed by atoms with van der Waals surface area (Å²) in [7, 11) is -3.14. The average Bonchev–Trinajstić information content (AvgIpc) is 2.49. The molecule has 5 nitrogen and oxygen atoms in total. The SMILES string of the molecule is Cc1ccc(NC(=O)C2CCC(CNS(C)(=O)=O)CC2)cc1Cl. The minimum atomic E-state index is -3.14. The van der Waals surface area contributed by atoms with Gasteiger partial charge in [-0.05, 0) is 56.2 Å². The third-order valence-electron chi connectivity index (χ3n) is 4.29. The van der Waals surface area contributed by atoms with Crippen LogP contribution < -0.4 is 10.0 Å². The molecule has 0 heterocycles. The number of sulfonamides is 1. The average molecular weight is 359 g/mol. The molecular weight excluding hydrogens is 336 g/mol. The standard InChI is InChI=1S/C16H23ClN2O3S/c1-11-3-8-14(9-15(11)17)19-16(20)13-6-4-12(5-7-13)10-18-23(2,21)22/h3,8-9,12-13,18H,4-7,10H2,1-2H3,(H,19,20). The largest absolute Gasteiger partial charge is 0.326 e. The van der Waals surface area contributed by atoms with Crippen molar-refractivity contribution in [2.75, 3.05) is 18.1 Å². The fourth-order valence-corrected chi connectivity index (χ4v) is 3.53. The van der Waals surface area contributed by atoms with Crippen molar-refractivity contribution in [3.8, 4) is 0 Å². The molecule has 0 atom stereocenters. The Morgan fingerprint density at radius 3 is 2.48 bits per heavy atom. The maximum Gasteiger partial charge on any atom is 0.227 e. The second-order valence-electron chi connectivity index (χ2n) is 6.29. The van der Waals surface area contributed by atoms with Crippen molar-refractivity contribution in [1.29, 1.82) is 0 Å². The molecule has 1 aliphatic carbocycles. The predicted molar refractivity (Wildman–Crippen MR) is 93.1 cm³/mol. The number of hydrogen-bond acceptors (Lipinski definition) is 3. The Morgan fingerprint density at radius 2 is 1.91 bits per heavy atom. The van der Waals surface area contributed by atoms with E-state index in [2.05, 4.69) is 10.0 Å². The van der Waals surface area contributed by atoms with E-state index in [-0.39, 0.29) is 11.8 Å². The van der Waals surface area contributed by atoms with Gasteiger partial charge in [-0.3, -0.25) is 4.79 Å². The van der Waals surface area contributed by atoms with Crippen molar-refractivity contribution in [1.82, 2.24) is 4.72 Å². The number of carbonyl (C=O) groups is 1. The molecule has 0 unspecified atom stereocenters. The molecular formula is C16H23ClN2O3S. The van der Waals surface area contributed by atoms with Crippen molar-refractivity contribution in [2.45, 2.75) is 32.6 Å². The lowest BCUT2D eigenvalue weighted by Crippen LogP contribution is -2.33. The highest BCUT2D eigenvalue weighted by Gasteiger charge is 2.26. The van der Waals surface area contributed by atoms with Crippen molar-refractivity contribution in [3.05, 3.63) is 28.8 Å². The minimum Gasteiger partial charge on any atom is -0.326 e. The Labute approximate surface area is 142 Å². The number of aryl methyl sites for hydroxylation is 1. The monoisotopic (exact) mass is 358 g/mol. The van der Waals surface area contributed by atoms with Crippen LogP contribution in [-0.4, -0.2) is 27.1 Å². The Kier molecular flexibility index (Phi) is 6.06. The van der Waals surface area contributed by atoms with Gasteiger partial charge in [-0.2, -0.15) is 0 Å². The zero-order chi connectivity index (χ0) is 17.0. The van der Waals surface area contributed by atoms with Crippen LogP contribution in [0.2, 0.25) is 5.02 Å². The lowest BCUT2D eigenvalue weighted by molar-refractivity contribution is -0.121. The summed E-state index contributed by atoms with van der Waals surface area (Å²) in [6.07, 6.45) is 4.44. The van der Waals surface area contributed by atoms with Gasteiger partial charge < -0.3 is 5.32 Å². The van der Waals surface area contributed by atoms with E-state index >= 15 is 0 Å². The van der Waals surface area contributed by atoms with E-state index in [1.807, 2.05) is 19.1 Å². The van der Waals surface area contributed by atoms with Crippen LogP contribution in [0.3, 0.4) is 0 Å². The molecule has 1 aromatic rings. The smallest absolute Gasteiger partial charge is 0.227 e. The maximum atomic E-state index is 12.3. The van der Waals surface area contributed by atoms with Gasteiger partial charge in [-0.15, -0.1) is 0 Å². The molecule has 1 aromatic carbocycles. The number of benzene rings is 1. The number of amides is 1. The van der Waals surface area contributed by atoms with Crippen molar-refractivity contribution >= 4 is 33.2 Å². The summed E-state index contributed by atoms with van der Waals surface area (Å²) >= 11 is 6.07. The summed E-state index contributed by atoms with van der Waals surface area (Å²) in [6.45, 7) is 2.38. The zero-order valence-electron chi connectivity index (χ0n) is 13.4. The first-order valence-corrected chi connectivity index (χ1v) is 10.0. The summed E-state index contributed by atoms with van der Waals surface area (Å²) in [5.74, 6) is 0.298. The van der Waals surface area contributed by atoms with Crippen LogP contribution in [0.4, 0.5) is 5.69 Å². The van der Waals surface area contributed by atoms with Gasteiger partial charge in [0.15, 0.2) is 0 Å². The van der Waals surface area contributed by atoms with Crippen LogP contribution in [0, 0.1) is 18.8 Å². The number of halogens is 1. The van der Waals surface area contributed by atoms with E-state index in [1.54, 1.807) is 6.07 Å². The molecule has 1 saturated carbocycles. The van der Waals surface area contributed by atoms with Gasteiger partial charge in [0.2, 0.25) is 15.9 Å². The molecule has 0 bridgehead atoms. The number of anilines is 1. The summed E-state index contributed by atoms with van der Waals surface area (Å²) in [5.41, 5.74) is 1.69. The summed E-state index contributed by atoms with van der Waals surface area (Å²) in [4.78, 5) is 12.3. The fourth-order valence-electron chi connectivity index (χ4n) is 2.81. The Morgan fingerprint density at radius 1 is 1.26 bits per heavy atom. The van der Waals surface area contributed by atoms with E-state index in [1.165, 1.54) is 6.26 Å². The number of nitrogens with one attached hydrogen (secondary N) is 2. The van der Waals surface area contributed by atoms with Gasteiger partial charge in [0.25, 0.3) is 0 Å². The molecule has 0 aliphatic heterocycles. The third-order valence-corrected chi connectivity index (χ3v) is 5.39. The predicted octanol–water partition coefficient (Wildman–Crippen LogP) is 2.94. The van der Waals surface area contributed by atoms with E-state index in [9.17, 15) is 13.2 Å². The van der Waals surface area contributed by atoms with Crippen molar-refractivity contribution in [3.63, 3.8) is 0 Å². The van der Waals surface area contributed by atoms with E-state index < -0.39 is 10.0 Å². The van der Waals surface area contributed by atoms with Crippen LogP contribution in [0.15, 0.2) is 18.2 Å². The first-order valence-electron chi connectivity index (χ1n) is 7.76. The molecule has 1 aliphatic rings. The van der Waals surface area contributed by atoms with Gasteiger partial charge in [0.05, 0.1) is 6.26 Å². The van der Waals surface area contributed by atoms with Crippen LogP contribution in [-0.2, 0) is 14.8 Å². The van der Waals surface area contributed by atoms with Crippen molar-refractivity contribution < 1.29 is 13.2 Å². The molecule has 1 fully saturated rings. The minimum absolute atomic E-state index is 0.0134. The Hall–Kier alpha value is -1.11. The molecule has 7 heteroatoms. The number of rotatable bonds is 5. The Bertz CT molecular complexity index is 668. The highest BCUT2D eigenvalue weighted by atomic mass is 35.5. The molecule has 0 aromatic heterocycles. The number of hydrogen-bond donors (Lipinski definition) is 2. The van der Waals surface area contributed by atoms with E-state index in [0.717, 1.165) is 31.2 Å². The lowest BCUT2D eigenvalue weighted by atomic mass is 9.81. The normalized spacial score (nSPS) is 21.9. The fraction of sp³-hybridized carbons (Fsp3) is 0.562. The molecule has 1 amide bonds. The van der Waals surface area contributed by atoms with E-state index in [4.69, 9.17) is 11.6 Å². The summed E-state index contributed by atoms with van der Waals surface area (Å²) in [5, 5.41) is 3.55. The first kappa shape index (κ1) is 18.2. The van der Waals surface area contributed by atoms with Crippen LogP contribution in [0.5, 0.6) is 0 Å². The number of carbonyl (C=O) groups excluding carboxylic acids is 1. The van der Waals surface area contributed by atoms with Gasteiger partial charge in [0.1, 0.15) is 0 Å². The Balaban J connectivity index is 1.82. The quantitative estimate of drug-likeness (QED) is 0.849. The van der Waals surface area contributed by atoms with Gasteiger partial charge >= 0.3 is 0 Å².